The molecule has 2 heterocycles. The number of aromatic nitrogens is 3. The Morgan fingerprint density at radius 1 is 1.19 bits per heavy atom. The highest BCUT2D eigenvalue weighted by Gasteiger charge is 2.21. The average Bonchev–Trinajstić information content (AvgIpc) is 3.12. The van der Waals surface area contributed by atoms with Gasteiger partial charge in [-0.25, -0.2) is 0 Å². The molecule has 0 saturated heterocycles. The summed E-state index contributed by atoms with van der Waals surface area (Å²) >= 11 is 7.89. The van der Waals surface area contributed by atoms with Crippen LogP contribution in [0.4, 0.5) is 5.69 Å². The summed E-state index contributed by atoms with van der Waals surface area (Å²) in [5.41, 5.74) is 3.47. The van der Waals surface area contributed by atoms with E-state index in [0.29, 0.717) is 23.0 Å². The van der Waals surface area contributed by atoms with Gasteiger partial charge in [-0.1, -0.05) is 54.6 Å². The fourth-order valence-electron chi connectivity index (χ4n) is 2.67. The van der Waals surface area contributed by atoms with Gasteiger partial charge in [0, 0.05) is 23.4 Å². The lowest BCUT2D eigenvalue weighted by atomic mass is 10.1. The Morgan fingerprint density at radius 2 is 1.96 bits per heavy atom. The lowest BCUT2D eigenvalue weighted by molar-refractivity contribution is -0.115. The maximum absolute atomic E-state index is 11.5. The Balaban J connectivity index is 1.66. The van der Waals surface area contributed by atoms with E-state index in [1.807, 2.05) is 55.5 Å². The van der Waals surface area contributed by atoms with Crippen LogP contribution in [0.5, 0.6) is 0 Å². The van der Waals surface area contributed by atoms with E-state index in [-0.39, 0.29) is 5.91 Å². The lowest BCUT2D eigenvalue weighted by Gasteiger charge is -2.14. The summed E-state index contributed by atoms with van der Waals surface area (Å²) < 4.78 is 1.73. The predicted octanol–water partition coefficient (Wildman–Crippen LogP) is 4.31. The Labute approximate surface area is 165 Å². The SMILES string of the molecule is CCC(=O)Nc1ccc(C2=Nn3c(nnc3-c3ccccc3Cl)SC2)cc1. The number of hydrogen-bond donors (Lipinski definition) is 1. The number of amides is 1. The number of carbonyl (C=O) groups excluding carboxylic acids is 1. The van der Waals surface area contributed by atoms with Crippen LogP contribution < -0.4 is 5.32 Å². The van der Waals surface area contributed by atoms with Gasteiger partial charge in [0.05, 0.1) is 10.7 Å². The number of nitrogens with one attached hydrogen (secondary N) is 1. The fraction of sp³-hybridized carbons (Fsp3) is 0.158. The molecule has 6 nitrogen and oxygen atoms in total. The van der Waals surface area contributed by atoms with Crippen molar-refractivity contribution in [1.29, 1.82) is 0 Å². The van der Waals surface area contributed by atoms with Crippen molar-refractivity contribution in [3.05, 3.63) is 59.1 Å². The van der Waals surface area contributed by atoms with Gasteiger partial charge in [0.2, 0.25) is 11.1 Å². The Kier molecular flexibility index (Phi) is 4.96. The summed E-state index contributed by atoms with van der Waals surface area (Å²) in [4.78, 5) is 11.5. The van der Waals surface area contributed by atoms with Crippen LogP contribution in [0.15, 0.2) is 58.8 Å². The molecule has 4 rings (SSSR count). The lowest BCUT2D eigenvalue weighted by Crippen LogP contribution is -2.14. The first kappa shape index (κ1) is 17.8. The highest BCUT2D eigenvalue weighted by atomic mass is 35.5. The number of thioether (sulfide) groups is 1. The molecule has 1 aliphatic heterocycles. The summed E-state index contributed by atoms with van der Waals surface area (Å²) in [5.74, 6) is 1.31. The van der Waals surface area contributed by atoms with Crippen molar-refractivity contribution in [2.45, 2.75) is 18.5 Å². The number of nitrogens with zero attached hydrogens (tertiary/aromatic N) is 4. The van der Waals surface area contributed by atoms with Crippen molar-refractivity contribution in [3.63, 3.8) is 0 Å². The molecule has 8 heteroatoms. The molecular formula is C19H16ClN5OS. The average molecular weight is 398 g/mol. The van der Waals surface area contributed by atoms with Crippen LogP contribution in [0.25, 0.3) is 11.4 Å². The van der Waals surface area contributed by atoms with Crippen molar-refractivity contribution in [1.82, 2.24) is 14.9 Å². The van der Waals surface area contributed by atoms with Crippen LogP contribution in [-0.2, 0) is 4.79 Å². The third-order valence-corrected chi connectivity index (χ3v) is 5.37. The van der Waals surface area contributed by atoms with E-state index < -0.39 is 0 Å². The van der Waals surface area contributed by atoms with Crippen LogP contribution in [0, 0.1) is 0 Å². The van der Waals surface area contributed by atoms with Crippen LogP contribution >= 0.6 is 23.4 Å². The summed E-state index contributed by atoms with van der Waals surface area (Å²) in [5, 5.41) is 17.4. The number of benzene rings is 2. The van der Waals surface area contributed by atoms with E-state index >= 15 is 0 Å². The monoisotopic (exact) mass is 397 g/mol. The first-order valence-corrected chi connectivity index (χ1v) is 9.83. The molecule has 0 unspecified atom stereocenters. The number of halogens is 1. The maximum Gasteiger partial charge on any atom is 0.224 e. The second-order valence-electron chi connectivity index (χ2n) is 5.91. The minimum absolute atomic E-state index is 0.00757. The molecular weight excluding hydrogens is 382 g/mol. The quantitative estimate of drug-likeness (QED) is 0.712. The van der Waals surface area contributed by atoms with E-state index in [0.717, 1.165) is 27.7 Å². The molecule has 1 aromatic heterocycles. The van der Waals surface area contributed by atoms with Crippen LogP contribution in [0.3, 0.4) is 0 Å². The number of rotatable bonds is 4. The summed E-state index contributed by atoms with van der Waals surface area (Å²) in [7, 11) is 0. The van der Waals surface area contributed by atoms with Crippen molar-refractivity contribution in [2.24, 2.45) is 5.10 Å². The molecule has 1 amide bonds. The molecule has 3 aromatic rings. The zero-order valence-electron chi connectivity index (χ0n) is 14.5. The second-order valence-corrected chi connectivity index (χ2v) is 7.26. The van der Waals surface area contributed by atoms with Crippen LogP contribution in [-0.4, -0.2) is 32.2 Å². The molecule has 1 N–H and O–H groups in total. The maximum atomic E-state index is 11.5. The molecule has 136 valence electrons. The van der Waals surface area contributed by atoms with E-state index in [1.54, 1.807) is 16.4 Å². The Hall–Kier alpha value is -2.64. The third-order valence-electron chi connectivity index (χ3n) is 4.11. The molecule has 0 saturated carbocycles. The van der Waals surface area contributed by atoms with Gasteiger partial charge in [-0.15, -0.1) is 10.2 Å². The molecule has 2 aromatic carbocycles. The standard InChI is InChI=1S/C19H16ClN5OS/c1-2-17(26)21-13-9-7-12(8-10-13)16-11-27-19-23-22-18(25(19)24-16)14-5-3-4-6-15(14)20/h3-10H,2,11H2,1H3,(H,21,26). The minimum atomic E-state index is -0.00757. The van der Waals surface area contributed by atoms with E-state index in [9.17, 15) is 4.79 Å². The van der Waals surface area contributed by atoms with Gasteiger partial charge in [-0.05, 0) is 29.8 Å². The summed E-state index contributed by atoms with van der Waals surface area (Å²) in [6.07, 6.45) is 0.451. The first-order valence-electron chi connectivity index (χ1n) is 8.47. The molecule has 1 aliphatic rings. The molecule has 0 radical (unpaired) electrons. The Bertz CT molecular complexity index is 1030. The molecule has 0 aliphatic carbocycles. The fourth-order valence-corrected chi connectivity index (χ4v) is 3.73. The topological polar surface area (TPSA) is 72.2 Å². The predicted molar refractivity (Wildman–Crippen MR) is 108 cm³/mol. The number of fused-ring (bicyclic) bond motifs is 1. The van der Waals surface area contributed by atoms with Crippen molar-refractivity contribution < 1.29 is 4.79 Å². The van der Waals surface area contributed by atoms with E-state index in [4.69, 9.17) is 16.7 Å². The first-order chi connectivity index (χ1) is 13.2. The smallest absolute Gasteiger partial charge is 0.224 e. The van der Waals surface area contributed by atoms with Crippen LogP contribution in [0.1, 0.15) is 18.9 Å². The van der Waals surface area contributed by atoms with Gasteiger partial charge in [0.25, 0.3) is 0 Å². The third kappa shape index (κ3) is 3.61. The normalized spacial score (nSPS) is 13.0. The zero-order chi connectivity index (χ0) is 18.8. The van der Waals surface area contributed by atoms with Gasteiger partial charge >= 0.3 is 0 Å². The Morgan fingerprint density at radius 3 is 2.70 bits per heavy atom. The van der Waals surface area contributed by atoms with Gasteiger partial charge in [-0.2, -0.15) is 9.78 Å². The van der Waals surface area contributed by atoms with Crippen molar-refractivity contribution in [3.8, 4) is 11.4 Å². The van der Waals surface area contributed by atoms with Crippen LogP contribution in [0.2, 0.25) is 5.02 Å². The zero-order valence-corrected chi connectivity index (χ0v) is 16.1. The summed E-state index contributed by atoms with van der Waals surface area (Å²) in [6.45, 7) is 1.82. The van der Waals surface area contributed by atoms with Crippen molar-refractivity contribution in [2.75, 3.05) is 11.1 Å². The van der Waals surface area contributed by atoms with Gasteiger partial charge in [0.1, 0.15) is 0 Å². The molecule has 0 fully saturated rings. The van der Waals surface area contributed by atoms with Gasteiger partial charge < -0.3 is 5.32 Å². The van der Waals surface area contributed by atoms with Crippen molar-refractivity contribution >= 4 is 40.7 Å². The van der Waals surface area contributed by atoms with E-state index in [1.165, 1.54) is 0 Å². The molecule has 0 spiro atoms. The summed E-state index contributed by atoms with van der Waals surface area (Å²) in [6, 6.07) is 15.2. The van der Waals surface area contributed by atoms with Gasteiger partial charge in [-0.3, -0.25) is 4.79 Å². The highest BCUT2D eigenvalue weighted by Crippen LogP contribution is 2.31. The number of anilines is 1. The number of hydrogen-bond acceptors (Lipinski definition) is 5. The highest BCUT2D eigenvalue weighted by molar-refractivity contribution is 7.99. The largest absolute Gasteiger partial charge is 0.326 e. The number of carbonyl (C=O) groups is 1. The molecule has 0 bridgehead atoms. The minimum Gasteiger partial charge on any atom is -0.326 e. The van der Waals surface area contributed by atoms with Gasteiger partial charge in [0.15, 0.2) is 5.82 Å². The van der Waals surface area contributed by atoms with E-state index in [2.05, 4.69) is 15.5 Å². The molecule has 27 heavy (non-hydrogen) atoms. The second kappa shape index (κ2) is 7.54. The molecule has 0 atom stereocenters.